The molecule has 61 heavy (non-hydrogen) atoms. The highest BCUT2D eigenvalue weighted by Crippen LogP contribution is 2.76. The van der Waals surface area contributed by atoms with Gasteiger partial charge in [0.2, 0.25) is 0 Å². The number of fused-ring (bicyclic) bond motifs is 7. The van der Waals surface area contributed by atoms with Crippen molar-refractivity contribution in [3.05, 3.63) is 11.6 Å². The molecule has 0 spiro atoms. The molecular weight excluding hydrogens is 796 g/mol. The maximum Gasteiger partial charge on any atom is 0.312 e. The summed E-state index contributed by atoms with van der Waals surface area (Å²) in [5.41, 5.74) is -1.10. The molecule has 5 aliphatic carbocycles. The molecule has 21 atom stereocenters. The van der Waals surface area contributed by atoms with Crippen LogP contribution in [0, 0.1) is 50.2 Å². The van der Waals surface area contributed by atoms with Crippen LogP contribution in [0.5, 0.6) is 0 Å². The minimum absolute atomic E-state index is 0.0294. The van der Waals surface area contributed by atoms with E-state index in [1.54, 1.807) is 0 Å². The van der Waals surface area contributed by atoms with Crippen molar-refractivity contribution in [2.24, 2.45) is 50.2 Å². The lowest BCUT2D eigenvalue weighted by atomic mass is 9.33. The van der Waals surface area contributed by atoms with Crippen LogP contribution in [0.25, 0.3) is 0 Å². The first-order valence-electron chi connectivity index (χ1n) is 22.6. The topological polar surface area (TPSA) is 255 Å². The Morgan fingerprint density at radius 1 is 0.639 bits per heavy atom. The van der Waals surface area contributed by atoms with Crippen LogP contribution in [-0.2, 0) is 33.2 Å². The fraction of sp³-hybridized carbons (Fsp3) is 0.933. The van der Waals surface area contributed by atoms with Gasteiger partial charge in [-0.1, -0.05) is 60.1 Å². The zero-order valence-electron chi connectivity index (χ0n) is 36.8. The summed E-state index contributed by atoms with van der Waals surface area (Å²) in [6.45, 7) is 15.0. The van der Waals surface area contributed by atoms with Crippen LogP contribution in [-0.4, -0.2) is 158 Å². The van der Waals surface area contributed by atoms with Gasteiger partial charge in [0.25, 0.3) is 0 Å². The number of hydrogen-bond acceptors (Lipinski definition) is 15. The van der Waals surface area contributed by atoms with E-state index in [4.69, 9.17) is 28.4 Å². The third-order valence-corrected chi connectivity index (χ3v) is 18.2. The van der Waals surface area contributed by atoms with E-state index >= 15 is 0 Å². The Morgan fingerprint density at radius 2 is 1.20 bits per heavy atom. The smallest absolute Gasteiger partial charge is 0.312 e. The molecule has 0 aromatic heterocycles. The fourth-order valence-electron chi connectivity index (χ4n) is 14.4. The Labute approximate surface area is 358 Å². The van der Waals surface area contributed by atoms with E-state index in [9.17, 15) is 50.8 Å². The second kappa shape index (κ2) is 15.9. The zero-order chi connectivity index (χ0) is 44.4. The van der Waals surface area contributed by atoms with Crippen LogP contribution in [0.15, 0.2) is 11.6 Å². The number of aliphatic carboxylic acids is 1. The van der Waals surface area contributed by atoms with Gasteiger partial charge in [-0.05, 0) is 103 Å². The molecule has 8 rings (SSSR count). The van der Waals surface area contributed by atoms with E-state index in [2.05, 4.69) is 54.5 Å². The van der Waals surface area contributed by atoms with Gasteiger partial charge in [0.15, 0.2) is 18.9 Å². The summed E-state index contributed by atoms with van der Waals surface area (Å²) < 4.78 is 36.1. The van der Waals surface area contributed by atoms with Crippen LogP contribution in [0.1, 0.15) is 106 Å². The van der Waals surface area contributed by atoms with Gasteiger partial charge in [0.05, 0.1) is 32.0 Å². The highest BCUT2D eigenvalue weighted by Gasteiger charge is 2.71. The number of ether oxygens (including phenoxy) is 6. The molecule has 3 aliphatic heterocycles. The summed E-state index contributed by atoms with van der Waals surface area (Å²) in [5, 5.41) is 97.2. The number of hydrogen-bond donors (Lipinski definition) is 9. The summed E-state index contributed by atoms with van der Waals surface area (Å²) in [4.78, 5) is 13.2. The molecule has 0 unspecified atom stereocenters. The SMILES string of the molecule is CC1(C)CC[C@]2(C(=O)O)[C@H](O)C[C@]3(C)C(=CC[C@@H]4[C@]5(C)CC[C@H](O[C@@H]6OC[C@H](O)[C@H](O)[C@@H]6O[C@@H]6OC[C@H](O)[C@H](O)[C@@H]6O[C@@H]6OC[C@H](O)[C@H](O)[C@@H]6O)C(C)(C)[C@@H]5CC[C@@]43C)[C@@H]2C1. The maximum atomic E-state index is 13.2. The number of carboxylic acids is 1. The molecule has 7 fully saturated rings. The second-order valence-corrected chi connectivity index (χ2v) is 22.2. The van der Waals surface area contributed by atoms with Gasteiger partial charge in [0, 0.05) is 0 Å². The predicted octanol–water partition coefficient (Wildman–Crippen LogP) is 1.59. The Hall–Kier alpha value is -1.35. The molecule has 4 saturated carbocycles. The minimum Gasteiger partial charge on any atom is -0.481 e. The van der Waals surface area contributed by atoms with Gasteiger partial charge >= 0.3 is 5.97 Å². The molecule has 348 valence electrons. The molecular formula is C45H72O16. The Bertz CT molecular complexity index is 1670. The van der Waals surface area contributed by atoms with Gasteiger partial charge in [0.1, 0.15) is 60.4 Å². The summed E-state index contributed by atoms with van der Waals surface area (Å²) in [5.74, 6) is -0.656. The summed E-state index contributed by atoms with van der Waals surface area (Å²) in [7, 11) is 0. The van der Waals surface area contributed by atoms with Crippen LogP contribution in [0.2, 0.25) is 0 Å². The standard InChI is InChI=1S/C45H72O16/c1-40(2)14-15-45(39(54)55)22(16-40)21-8-9-27-42(5)12-11-29(41(3,4)26(42)10-13-43(27,6)44(21,7)17-28(45)49)59-37-34(31(51)24(47)19-57-37)61-38-35(32(52)25(48)20-58-38)60-36-33(53)30(50)23(46)18-56-36/h8,22-38,46-53H,9-20H2,1-7H3,(H,54,55)/t22-,23-,24-,25-,26-,27+,28+,29-,30-,31-,32-,33-,34-,35-,36-,37-,38-,42+,43-,44+,45+/m0/s1. The number of carboxylic acid groups (broad SMARTS) is 1. The highest BCUT2D eigenvalue weighted by atomic mass is 16.8. The number of aliphatic hydroxyl groups excluding tert-OH is 8. The van der Waals surface area contributed by atoms with Crippen molar-refractivity contribution in [2.45, 2.75) is 192 Å². The first kappa shape index (κ1) is 46.2. The van der Waals surface area contributed by atoms with Crippen molar-refractivity contribution in [3.8, 4) is 0 Å². The fourth-order valence-corrected chi connectivity index (χ4v) is 14.4. The van der Waals surface area contributed by atoms with Crippen LogP contribution in [0.3, 0.4) is 0 Å². The second-order valence-electron chi connectivity index (χ2n) is 22.2. The van der Waals surface area contributed by atoms with Gasteiger partial charge in [-0.25, -0.2) is 0 Å². The predicted molar refractivity (Wildman–Crippen MR) is 214 cm³/mol. The molecule has 0 radical (unpaired) electrons. The maximum absolute atomic E-state index is 13.2. The number of allylic oxidation sites excluding steroid dienone is 2. The quantitative estimate of drug-likeness (QED) is 0.130. The number of rotatable bonds is 7. The number of carbonyl (C=O) groups is 1. The Balaban J connectivity index is 1.02. The molecule has 16 heteroatoms. The average molecular weight is 869 g/mol. The third kappa shape index (κ3) is 7.11. The lowest BCUT2D eigenvalue weighted by molar-refractivity contribution is -0.378. The van der Waals surface area contributed by atoms with Crippen molar-refractivity contribution in [3.63, 3.8) is 0 Å². The normalized spacial score (nSPS) is 54.3. The summed E-state index contributed by atoms with van der Waals surface area (Å²) in [6, 6.07) is 0. The van der Waals surface area contributed by atoms with E-state index in [1.165, 1.54) is 5.57 Å². The molecule has 3 saturated heterocycles. The molecule has 16 nitrogen and oxygen atoms in total. The average Bonchev–Trinajstić information content (AvgIpc) is 3.18. The first-order chi connectivity index (χ1) is 28.4. The first-order valence-corrected chi connectivity index (χ1v) is 22.6. The molecule has 3 heterocycles. The van der Waals surface area contributed by atoms with Gasteiger partial charge < -0.3 is 74.4 Å². The van der Waals surface area contributed by atoms with E-state index < -0.39 is 96.7 Å². The largest absolute Gasteiger partial charge is 0.481 e. The minimum atomic E-state index is -1.71. The molecule has 0 aromatic rings. The van der Waals surface area contributed by atoms with Crippen LogP contribution in [0.4, 0.5) is 0 Å². The summed E-state index contributed by atoms with van der Waals surface area (Å²) >= 11 is 0. The molecule has 0 aromatic carbocycles. The zero-order valence-corrected chi connectivity index (χ0v) is 36.8. The van der Waals surface area contributed by atoms with E-state index in [-0.39, 0.29) is 65.3 Å². The lowest BCUT2D eigenvalue weighted by Crippen LogP contribution is -2.68. The summed E-state index contributed by atoms with van der Waals surface area (Å²) in [6.07, 6.45) is -10.1. The molecule has 9 N–H and O–H groups in total. The lowest BCUT2D eigenvalue weighted by Gasteiger charge is -2.71. The van der Waals surface area contributed by atoms with E-state index in [0.717, 1.165) is 38.5 Å². The van der Waals surface area contributed by atoms with Crippen molar-refractivity contribution in [2.75, 3.05) is 19.8 Å². The van der Waals surface area contributed by atoms with Crippen LogP contribution < -0.4 is 0 Å². The molecule has 8 aliphatic rings. The van der Waals surface area contributed by atoms with Crippen molar-refractivity contribution in [1.29, 1.82) is 0 Å². The van der Waals surface area contributed by atoms with Gasteiger partial charge in [-0.2, -0.15) is 0 Å². The van der Waals surface area contributed by atoms with E-state index in [1.807, 2.05) is 0 Å². The van der Waals surface area contributed by atoms with Crippen molar-refractivity contribution < 1.29 is 79.2 Å². The number of aliphatic hydroxyl groups is 8. The molecule has 0 bridgehead atoms. The Morgan fingerprint density at radius 3 is 1.80 bits per heavy atom. The van der Waals surface area contributed by atoms with Crippen molar-refractivity contribution in [1.82, 2.24) is 0 Å². The van der Waals surface area contributed by atoms with Crippen molar-refractivity contribution >= 4 is 5.97 Å². The monoisotopic (exact) mass is 868 g/mol. The Kier molecular flexibility index (Phi) is 12.1. The van der Waals surface area contributed by atoms with Gasteiger partial charge in [-0.15, -0.1) is 0 Å². The molecule has 0 amide bonds. The van der Waals surface area contributed by atoms with E-state index in [0.29, 0.717) is 19.3 Å². The highest BCUT2D eigenvalue weighted by molar-refractivity contribution is 5.77. The van der Waals surface area contributed by atoms with Gasteiger partial charge in [-0.3, -0.25) is 4.79 Å². The van der Waals surface area contributed by atoms with Crippen LogP contribution >= 0.6 is 0 Å². The third-order valence-electron chi connectivity index (χ3n) is 18.2.